The molecule has 0 aliphatic carbocycles. The molecule has 0 atom stereocenters. The molecule has 0 radical (unpaired) electrons. The summed E-state index contributed by atoms with van der Waals surface area (Å²) in [5, 5.41) is 0.771. The van der Waals surface area contributed by atoms with Gasteiger partial charge in [0.05, 0.1) is 0 Å². The summed E-state index contributed by atoms with van der Waals surface area (Å²) < 4.78 is 0. The highest BCUT2D eigenvalue weighted by atomic mass is 35.5. The fourth-order valence-corrected chi connectivity index (χ4v) is 2.27. The Morgan fingerprint density at radius 2 is 1.88 bits per heavy atom. The second-order valence-electron chi connectivity index (χ2n) is 4.12. The van der Waals surface area contributed by atoms with Gasteiger partial charge in [0.1, 0.15) is 0 Å². The monoisotopic (exact) mass is 238 g/mol. The summed E-state index contributed by atoms with van der Waals surface area (Å²) in [6, 6.07) is 6.06. The molecule has 0 bridgehead atoms. The summed E-state index contributed by atoms with van der Waals surface area (Å²) in [4.78, 5) is 14.7. The third kappa shape index (κ3) is 2.47. The van der Waals surface area contributed by atoms with Crippen LogP contribution in [-0.4, -0.2) is 37.5 Å². The lowest BCUT2D eigenvalue weighted by molar-refractivity contribution is -0.118. The highest BCUT2D eigenvalue weighted by molar-refractivity contribution is 6.30. The Hall–Kier alpha value is -1.22. The van der Waals surface area contributed by atoms with Crippen LogP contribution in [0, 0.1) is 6.92 Å². The van der Waals surface area contributed by atoms with Crippen molar-refractivity contribution in [3.05, 3.63) is 28.8 Å². The van der Waals surface area contributed by atoms with Crippen molar-refractivity contribution in [2.45, 2.75) is 6.92 Å². The molecule has 3 nitrogen and oxygen atoms in total. The number of amides is 1. The van der Waals surface area contributed by atoms with E-state index in [0.29, 0.717) is 0 Å². The van der Waals surface area contributed by atoms with E-state index < -0.39 is 0 Å². The SMILES string of the molecule is Cc1cc(Cl)cc(N2CCN(C=O)CC2)c1. The van der Waals surface area contributed by atoms with E-state index in [9.17, 15) is 4.79 Å². The number of benzene rings is 1. The second kappa shape index (κ2) is 4.74. The first-order chi connectivity index (χ1) is 7.69. The number of halogens is 1. The molecular weight excluding hydrogens is 224 g/mol. The summed E-state index contributed by atoms with van der Waals surface area (Å²) in [6.45, 7) is 5.36. The molecule has 4 heteroatoms. The molecule has 1 aromatic carbocycles. The molecule has 0 spiro atoms. The number of hydrogen-bond donors (Lipinski definition) is 0. The van der Waals surface area contributed by atoms with E-state index >= 15 is 0 Å². The minimum Gasteiger partial charge on any atom is -0.368 e. The van der Waals surface area contributed by atoms with E-state index in [0.717, 1.165) is 43.3 Å². The quantitative estimate of drug-likeness (QED) is 0.735. The molecule has 0 N–H and O–H groups in total. The lowest BCUT2D eigenvalue weighted by atomic mass is 10.2. The van der Waals surface area contributed by atoms with Crippen molar-refractivity contribution in [3.63, 3.8) is 0 Å². The zero-order valence-electron chi connectivity index (χ0n) is 9.32. The van der Waals surface area contributed by atoms with Crippen LogP contribution >= 0.6 is 11.6 Å². The zero-order chi connectivity index (χ0) is 11.5. The third-order valence-corrected chi connectivity index (χ3v) is 3.07. The van der Waals surface area contributed by atoms with Crippen LogP contribution in [0.3, 0.4) is 0 Å². The van der Waals surface area contributed by atoms with Crippen LogP contribution < -0.4 is 4.90 Å². The first kappa shape index (κ1) is 11.3. The summed E-state index contributed by atoms with van der Waals surface area (Å²) in [6.07, 6.45) is 0.917. The van der Waals surface area contributed by atoms with E-state index in [-0.39, 0.29) is 0 Å². The molecule has 1 aliphatic heterocycles. The molecule has 1 saturated heterocycles. The Balaban J connectivity index is 2.10. The van der Waals surface area contributed by atoms with E-state index in [4.69, 9.17) is 11.6 Å². The van der Waals surface area contributed by atoms with Crippen molar-refractivity contribution in [3.8, 4) is 0 Å². The average Bonchev–Trinajstić information content (AvgIpc) is 2.28. The molecular formula is C12H15ClN2O. The van der Waals surface area contributed by atoms with Gasteiger partial charge in [0.2, 0.25) is 6.41 Å². The molecule has 1 aromatic rings. The van der Waals surface area contributed by atoms with Crippen LogP contribution in [-0.2, 0) is 4.79 Å². The predicted molar refractivity (Wildman–Crippen MR) is 66.0 cm³/mol. The highest BCUT2D eigenvalue weighted by Gasteiger charge is 2.15. The van der Waals surface area contributed by atoms with Gasteiger partial charge in [0, 0.05) is 36.9 Å². The minimum absolute atomic E-state index is 0.771. The molecule has 86 valence electrons. The molecule has 0 unspecified atom stereocenters. The minimum atomic E-state index is 0.771. The van der Waals surface area contributed by atoms with Crippen LogP contribution in [0.25, 0.3) is 0 Å². The lowest BCUT2D eigenvalue weighted by Gasteiger charge is -2.34. The van der Waals surface area contributed by atoms with Gasteiger partial charge in [-0.3, -0.25) is 4.79 Å². The van der Waals surface area contributed by atoms with Crippen molar-refractivity contribution >= 4 is 23.7 Å². The topological polar surface area (TPSA) is 23.6 Å². The third-order valence-electron chi connectivity index (χ3n) is 2.86. The molecule has 16 heavy (non-hydrogen) atoms. The van der Waals surface area contributed by atoms with Crippen LogP contribution in [0.1, 0.15) is 5.56 Å². The fourth-order valence-electron chi connectivity index (χ4n) is 1.99. The van der Waals surface area contributed by atoms with Crippen LogP contribution in [0.4, 0.5) is 5.69 Å². The number of carbonyl (C=O) groups is 1. The molecule has 1 fully saturated rings. The summed E-state index contributed by atoms with van der Waals surface area (Å²) in [5.74, 6) is 0. The lowest BCUT2D eigenvalue weighted by Crippen LogP contribution is -2.45. The normalized spacial score (nSPS) is 16.4. The molecule has 1 aliphatic rings. The van der Waals surface area contributed by atoms with E-state index in [1.54, 1.807) is 4.90 Å². The number of carbonyl (C=O) groups excluding carboxylic acids is 1. The molecule has 0 aromatic heterocycles. The van der Waals surface area contributed by atoms with Gasteiger partial charge in [0.15, 0.2) is 0 Å². The number of nitrogens with zero attached hydrogens (tertiary/aromatic N) is 2. The van der Waals surface area contributed by atoms with Gasteiger partial charge in [-0.2, -0.15) is 0 Å². The second-order valence-corrected chi connectivity index (χ2v) is 4.55. The highest BCUT2D eigenvalue weighted by Crippen LogP contribution is 2.23. The van der Waals surface area contributed by atoms with Gasteiger partial charge in [-0.15, -0.1) is 0 Å². The van der Waals surface area contributed by atoms with Crippen molar-refractivity contribution in [2.24, 2.45) is 0 Å². The predicted octanol–water partition coefficient (Wildman–Crippen LogP) is 1.93. The molecule has 1 amide bonds. The van der Waals surface area contributed by atoms with Crippen molar-refractivity contribution in [1.82, 2.24) is 4.90 Å². The summed E-state index contributed by atoms with van der Waals surface area (Å²) >= 11 is 6.03. The molecule has 2 rings (SSSR count). The maximum absolute atomic E-state index is 10.6. The summed E-state index contributed by atoms with van der Waals surface area (Å²) in [5.41, 5.74) is 2.32. The number of piperazine rings is 1. The number of anilines is 1. The first-order valence-corrected chi connectivity index (χ1v) is 5.78. The Morgan fingerprint density at radius 3 is 2.44 bits per heavy atom. The Kier molecular flexibility index (Phi) is 3.34. The van der Waals surface area contributed by atoms with Gasteiger partial charge in [-0.1, -0.05) is 11.6 Å². The van der Waals surface area contributed by atoms with E-state index in [1.165, 1.54) is 5.56 Å². The van der Waals surface area contributed by atoms with Gasteiger partial charge < -0.3 is 9.80 Å². The van der Waals surface area contributed by atoms with Gasteiger partial charge in [-0.25, -0.2) is 0 Å². The van der Waals surface area contributed by atoms with Crippen LogP contribution in [0.15, 0.2) is 18.2 Å². The number of rotatable bonds is 2. The standard InChI is InChI=1S/C12H15ClN2O/c1-10-6-11(13)8-12(7-10)15-4-2-14(9-16)3-5-15/h6-9H,2-5H2,1H3. The Morgan fingerprint density at radius 1 is 1.19 bits per heavy atom. The van der Waals surface area contributed by atoms with E-state index in [2.05, 4.69) is 11.0 Å². The fraction of sp³-hybridized carbons (Fsp3) is 0.417. The van der Waals surface area contributed by atoms with Crippen LogP contribution in [0.2, 0.25) is 5.02 Å². The van der Waals surface area contributed by atoms with Crippen molar-refractivity contribution in [1.29, 1.82) is 0 Å². The van der Waals surface area contributed by atoms with Gasteiger partial charge in [0.25, 0.3) is 0 Å². The maximum Gasteiger partial charge on any atom is 0.209 e. The summed E-state index contributed by atoms with van der Waals surface area (Å²) in [7, 11) is 0. The van der Waals surface area contributed by atoms with Crippen LogP contribution in [0.5, 0.6) is 0 Å². The number of aryl methyl sites for hydroxylation is 1. The zero-order valence-corrected chi connectivity index (χ0v) is 10.1. The Bertz CT molecular complexity index is 366. The van der Waals surface area contributed by atoms with Crippen molar-refractivity contribution in [2.75, 3.05) is 31.1 Å². The smallest absolute Gasteiger partial charge is 0.209 e. The Labute approximate surface area is 101 Å². The first-order valence-electron chi connectivity index (χ1n) is 5.40. The van der Waals surface area contributed by atoms with Gasteiger partial charge >= 0.3 is 0 Å². The average molecular weight is 239 g/mol. The largest absolute Gasteiger partial charge is 0.368 e. The molecule has 0 saturated carbocycles. The van der Waals surface area contributed by atoms with Crippen molar-refractivity contribution < 1.29 is 4.79 Å². The molecule has 1 heterocycles. The van der Waals surface area contributed by atoms with Gasteiger partial charge in [-0.05, 0) is 30.7 Å². The maximum atomic E-state index is 10.6. The van der Waals surface area contributed by atoms with E-state index in [1.807, 2.05) is 19.1 Å². The number of hydrogen-bond acceptors (Lipinski definition) is 2.